The Kier molecular flexibility index (Phi) is 4.71. The molecule has 2 amide bonds. The summed E-state index contributed by atoms with van der Waals surface area (Å²) in [6, 6.07) is 4.66. The highest BCUT2D eigenvalue weighted by Gasteiger charge is 2.16. The summed E-state index contributed by atoms with van der Waals surface area (Å²) in [5.41, 5.74) is 2.20. The summed E-state index contributed by atoms with van der Waals surface area (Å²) >= 11 is 0. The van der Waals surface area contributed by atoms with Crippen molar-refractivity contribution in [1.29, 1.82) is 0 Å². The third-order valence-corrected chi connectivity index (χ3v) is 3.95. The van der Waals surface area contributed by atoms with Gasteiger partial charge in [-0.2, -0.15) is 5.10 Å². The third-order valence-electron chi connectivity index (χ3n) is 3.95. The molecule has 3 aromatic rings. The minimum Gasteiger partial charge on any atom is -0.467 e. The second kappa shape index (κ2) is 6.94. The van der Waals surface area contributed by atoms with Crippen LogP contribution in [-0.4, -0.2) is 31.9 Å². The number of rotatable bonds is 5. The first-order valence-corrected chi connectivity index (χ1v) is 8.02. The zero-order chi connectivity index (χ0) is 18.0. The number of urea groups is 1. The smallest absolute Gasteiger partial charge is 0.319 e. The van der Waals surface area contributed by atoms with Crippen molar-refractivity contribution >= 4 is 22.8 Å². The molecule has 0 bridgehead atoms. The number of furan rings is 1. The maximum absolute atomic E-state index is 12.1. The lowest BCUT2D eigenvalue weighted by molar-refractivity contribution is 0.130. The van der Waals surface area contributed by atoms with Gasteiger partial charge in [-0.15, -0.1) is 0 Å². The number of nitrogens with zero attached hydrogens (tertiary/aromatic N) is 3. The second-order valence-electron chi connectivity index (χ2n) is 6.07. The van der Waals surface area contributed by atoms with Crippen LogP contribution < -0.4 is 10.6 Å². The SMILES string of the molecule is Cc1nn(C)c2ncc(NC(=O)N[C@H](C)C[C@H](O)c3ccco3)cc12. The highest BCUT2D eigenvalue weighted by atomic mass is 16.4. The van der Waals surface area contributed by atoms with Crippen LogP contribution in [0, 0.1) is 6.92 Å². The maximum Gasteiger partial charge on any atom is 0.319 e. The van der Waals surface area contributed by atoms with Crippen LogP contribution in [0.25, 0.3) is 11.0 Å². The third kappa shape index (κ3) is 3.80. The first-order valence-electron chi connectivity index (χ1n) is 8.02. The molecule has 0 saturated carbocycles. The van der Waals surface area contributed by atoms with E-state index in [0.717, 1.165) is 16.7 Å². The van der Waals surface area contributed by atoms with Crippen molar-refractivity contribution in [2.24, 2.45) is 7.05 Å². The standard InChI is InChI=1S/C17H21N5O3/c1-10(7-14(23)15-5-4-6-25-15)19-17(24)20-12-8-13-11(2)21-22(3)16(13)18-9-12/h4-6,8-10,14,23H,7H2,1-3H3,(H2,19,20,24)/t10-,14+/m1/s1. The van der Waals surface area contributed by atoms with Gasteiger partial charge in [-0.25, -0.2) is 9.78 Å². The van der Waals surface area contributed by atoms with Crippen molar-refractivity contribution in [1.82, 2.24) is 20.1 Å². The summed E-state index contributed by atoms with van der Waals surface area (Å²) in [5, 5.41) is 20.8. The van der Waals surface area contributed by atoms with E-state index < -0.39 is 6.10 Å². The predicted octanol–water partition coefficient (Wildman–Crippen LogP) is 2.50. The zero-order valence-corrected chi connectivity index (χ0v) is 14.4. The van der Waals surface area contributed by atoms with Crippen molar-refractivity contribution in [3.05, 3.63) is 42.1 Å². The fourth-order valence-corrected chi connectivity index (χ4v) is 2.76. The van der Waals surface area contributed by atoms with E-state index in [1.165, 1.54) is 6.26 Å². The van der Waals surface area contributed by atoms with E-state index in [1.54, 1.807) is 23.0 Å². The van der Waals surface area contributed by atoms with Crippen LogP contribution in [0.15, 0.2) is 35.1 Å². The Morgan fingerprint density at radius 2 is 2.28 bits per heavy atom. The molecule has 3 heterocycles. The molecule has 0 spiro atoms. The van der Waals surface area contributed by atoms with E-state index in [9.17, 15) is 9.90 Å². The Hall–Kier alpha value is -2.87. The average molecular weight is 343 g/mol. The number of aromatic nitrogens is 3. The van der Waals surface area contributed by atoms with Gasteiger partial charge in [0.1, 0.15) is 11.9 Å². The number of aliphatic hydroxyl groups excluding tert-OH is 1. The van der Waals surface area contributed by atoms with Crippen LogP contribution in [0.2, 0.25) is 0 Å². The van der Waals surface area contributed by atoms with Crippen LogP contribution in [-0.2, 0) is 7.05 Å². The molecular formula is C17H21N5O3. The lowest BCUT2D eigenvalue weighted by atomic mass is 10.1. The van der Waals surface area contributed by atoms with Crippen molar-refractivity contribution in [2.75, 3.05) is 5.32 Å². The summed E-state index contributed by atoms with van der Waals surface area (Å²) < 4.78 is 6.86. The number of carbonyl (C=O) groups excluding carboxylic acids is 1. The number of pyridine rings is 1. The van der Waals surface area contributed by atoms with E-state index in [-0.39, 0.29) is 12.1 Å². The molecule has 3 N–H and O–H groups in total. The lowest BCUT2D eigenvalue weighted by Crippen LogP contribution is -2.37. The van der Waals surface area contributed by atoms with Crippen LogP contribution in [0.3, 0.4) is 0 Å². The molecule has 0 aliphatic heterocycles. The van der Waals surface area contributed by atoms with Crippen LogP contribution >= 0.6 is 0 Å². The van der Waals surface area contributed by atoms with Crippen molar-refractivity contribution in [2.45, 2.75) is 32.4 Å². The van der Waals surface area contributed by atoms with Crippen LogP contribution in [0.1, 0.15) is 30.9 Å². The Morgan fingerprint density at radius 1 is 1.48 bits per heavy atom. The molecule has 0 saturated heterocycles. The number of nitrogens with one attached hydrogen (secondary N) is 2. The summed E-state index contributed by atoms with van der Waals surface area (Å²) in [6.07, 6.45) is 2.68. The minimum atomic E-state index is -0.763. The first-order chi connectivity index (χ1) is 11.9. The molecule has 0 fully saturated rings. The molecule has 0 aliphatic carbocycles. The van der Waals surface area contributed by atoms with Crippen LogP contribution in [0.4, 0.5) is 10.5 Å². The zero-order valence-electron chi connectivity index (χ0n) is 14.4. The lowest BCUT2D eigenvalue weighted by Gasteiger charge is -2.17. The Labute approximate surface area is 144 Å². The van der Waals surface area contributed by atoms with Crippen LogP contribution in [0.5, 0.6) is 0 Å². The summed E-state index contributed by atoms with van der Waals surface area (Å²) in [5.74, 6) is 0.482. The molecule has 3 rings (SSSR count). The Balaban J connectivity index is 1.59. The first kappa shape index (κ1) is 17.0. The normalized spacial score (nSPS) is 13.6. The fourth-order valence-electron chi connectivity index (χ4n) is 2.76. The number of carbonyl (C=O) groups is 1. The van der Waals surface area contributed by atoms with Gasteiger partial charge in [-0.3, -0.25) is 4.68 Å². The molecule has 8 nitrogen and oxygen atoms in total. The predicted molar refractivity (Wildman–Crippen MR) is 93.1 cm³/mol. The van der Waals surface area contributed by atoms with Gasteiger partial charge < -0.3 is 20.2 Å². The monoisotopic (exact) mass is 343 g/mol. The highest BCUT2D eigenvalue weighted by molar-refractivity contribution is 5.92. The Bertz CT molecular complexity index is 872. The molecular weight excluding hydrogens is 322 g/mol. The summed E-state index contributed by atoms with van der Waals surface area (Å²) in [7, 11) is 1.83. The van der Waals surface area contributed by atoms with Gasteiger partial charge in [-0.05, 0) is 32.0 Å². The molecule has 25 heavy (non-hydrogen) atoms. The topological polar surface area (TPSA) is 105 Å². The molecule has 132 valence electrons. The van der Waals surface area contributed by atoms with E-state index in [1.807, 2.05) is 27.0 Å². The molecule has 0 radical (unpaired) electrons. The molecule has 3 aromatic heterocycles. The van der Waals surface area contributed by atoms with E-state index >= 15 is 0 Å². The number of aliphatic hydroxyl groups is 1. The summed E-state index contributed by atoms with van der Waals surface area (Å²) in [6.45, 7) is 3.71. The van der Waals surface area contributed by atoms with Gasteiger partial charge in [0, 0.05) is 24.9 Å². The molecule has 2 atom stereocenters. The van der Waals surface area contributed by atoms with E-state index in [4.69, 9.17) is 4.42 Å². The largest absolute Gasteiger partial charge is 0.467 e. The maximum atomic E-state index is 12.1. The quantitative estimate of drug-likeness (QED) is 0.660. The molecule has 8 heteroatoms. The van der Waals surface area contributed by atoms with Gasteiger partial charge in [-0.1, -0.05) is 0 Å². The number of hydrogen-bond acceptors (Lipinski definition) is 5. The van der Waals surface area contributed by atoms with E-state index in [2.05, 4.69) is 20.7 Å². The number of anilines is 1. The van der Waals surface area contributed by atoms with Gasteiger partial charge in [0.05, 0.1) is 23.8 Å². The second-order valence-corrected chi connectivity index (χ2v) is 6.07. The number of aryl methyl sites for hydroxylation is 2. The summed E-state index contributed by atoms with van der Waals surface area (Å²) in [4.78, 5) is 16.5. The molecule has 0 aliphatic rings. The van der Waals surface area contributed by atoms with E-state index in [0.29, 0.717) is 17.9 Å². The van der Waals surface area contributed by atoms with Gasteiger partial charge >= 0.3 is 6.03 Å². The van der Waals surface area contributed by atoms with Gasteiger partial charge in [0.25, 0.3) is 0 Å². The molecule has 0 aromatic carbocycles. The highest BCUT2D eigenvalue weighted by Crippen LogP contribution is 2.20. The van der Waals surface area contributed by atoms with Crippen molar-refractivity contribution < 1.29 is 14.3 Å². The molecule has 0 unspecified atom stereocenters. The van der Waals surface area contributed by atoms with Crippen molar-refractivity contribution in [3.63, 3.8) is 0 Å². The number of fused-ring (bicyclic) bond motifs is 1. The van der Waals surface area contributed by atoms with Gasteiger partial charge in [0.2, 0.25) is 0 Å². The van der Waals surface area contributed by atoms with Crippen molar-refractivity contribution in [3.8, 4) is 0 Å². The number of amides is 2. The Morgan fingerprint density at radius 3 is 3.00 bits per heavy atom. The average Bonchev–Trinajstić information content (AvgIpc) is 3.16. The minimum absolute atomic E-state index is 0.239. The number of hydrogen-bond donors (Lipinski definition) is 3. The van der Waals surface area contributed by atoms with Gasteiger partial charge in [0.15, 0.2) is 5.65 Å². The fraction of sp³-hybridized carbons (Fsp3) is 0.353.